The number of benzene rings is 3. The Morgan fingerprint density at radius 3 is 2.44 bits per heavy atom. The molecule has 1 aliphatic heterocycles. The van der Waals surface area contributed by atoms with Crippen LogP contribution < -0.4 is 10.0 Å². The zero-order valence-corrected chi connectivity index (χ0v) is 20.3. The number of allylic oxidation sites excluding steroid dienone is 2. The summed E-state index contributed by atoms with van der Waals surface area (Å²) in [6.07, 6.45) is 5.28. The van der Waals surface area contributed by atoms with Crippen molar-refractivity contribution in [2.24, 2.45) is 5.92 Å². The normalized spacial score (nSPS) is 20.9. The van der Waals surface area contributed by atoms with Gasteiger partial charge in [-0.15, -0.1) is 0 Å². The van der Waals surface area contributed by atoms with E-state index in [1.807, 2.05) is 56.3 Å². The van der Waals surface area contributed by atoms with Crippen LogP contribution >= 0.6 is 0 Å². The van der Waals surface area contributed by atoms with Crippen LogP contribution in [0.25, 0.3) is 0 Å². The van der Waals surface area contributed by atoms with Gasteiger partial charge in [0, 0.05) is 22.9 Å². The molecule has 2 aliphatic rings. The van der Waals surface area contributed by atoms with E-state index >= 15 is 0 Å². The molecule has 0 bridgehead atoms. The first kappa shape index (κ1) is 22.4. The van der Waals surface area contributed by atoms with Crippen LogP contribution in [0, 0.1) is 19.8 Å². The van der Waals surface area contributed by atoms with Crippen LogP contribution in [0.2, 0.25) is 0 Å². The second-order valence-corrected chi connectivity index (χ2v) is 11.0. The molecule has 0 aromatic heterocycles. The van der Waals surface area contributed by atoms with E-state index in [0.29, 0.717) is 11.3 Å². The molecule has 0 saturated heterocycles. The topological polar surface area (TPSA) is 75.3 Å². The van der Waals surface area contributed by atoms with Crippen LogP contribution in [0.4, 0.5) is 11.4 Å². The highest BCUT2D eigenvalue weighted by molar-refractivity contribution is 7.92. The zero-order chi connectivity index (χ0) is 24.0. The second-order valence-electron chi connectivity index (χ2n) is 9.31. The zero-order valence-electron chi connectivity index (χ0n) is 19.5. The SMILES string of the molecule is CC(=O)c1ccc(C2Nc3ccc(S(=O)(=O)Nc4ccc(C)c(C)c4)cc3C3C=CCC32)cc1. The van der Waals surface area contributed by atoms with Gasteiger partial charge in [0.1, 0.15) is 0 Å². The lowest BCUT2D eigenvalue weighted by molar-refractivity contribution is 0.101. The van der Waals surface area contributed by atoms with E-state index in [2.05, 4.69) is 22.2 Å². The van der Waals surface area contributed by atoms with Crippen molar-refractivity contribution < 1.29 is 13.2 Å². The van der Waals surface area contributed by atoms with Gasteiger partial charge in [-0.1, -0.05) is 42.5 Å². The molecule has 3 aromatic rings. The van der Waals surface area contributed by atoms with Gasteiger partial charge in [-0.2, -0.15) is 0 Å². The van der Waals surface area contributed by atoms with E-state index in [0.717, 1.165) is 34.4 Å². The molecular weight excluding hydrogens is 444 g/mol. The number of anilines is 2. The highest BCUT2D eigenvalue weighted by Crippen LogP contribution is 2.50. The average molecular weight is 473 g/mol. The maximum Gasteiger partial charge on any atom is 0.261 e. The van der Waals surface area contributed by atoms with Crippen molar-refractivity contribution in [1.82, 2.24) is 0 Å². The van der Waals surface area contributed by atoms with E-state index in [1.165, 1.54) is 0 Å². The van der Waals surface area contributed by atoms with Crippen LogP contribution in [0.5, 0.6) is 0 Å². The Labute approximate surface area is 201 Å². The number of hydrogen-bond donors (Lipinski definition) is 2. The van der Waals surface area contributed by atoms with Gasteiger partial charge < -0.3 is 5.32 Å². The Kier molecular flexibility index (Phi) is 5.56. The molecule has 6 heteroatoms. The van der Waals surface area contributed by atoms with Gasteiger partial charge in [-0.25, -0.2) is 8.42 Å². The van der Waals surface area contributed by atoms with E-state index in [1.54, 1.807) is 25.1 Å². The average Bonchev–Trinajstić information content (AvgIpc) is 3.31. The summed E-state index contributed by atoms with van der Waals surface area (Å²) in [6.45, 7) is 5.54. The number of carbonyl (C=O) groups is 1. The molecule has 1 heterocycles. The lowest BCUT2D eigenvalue weighted by Crippen LogP contribution is -2.29. The summed E-state index contributed by atoms with van der Waals surface area (Å²) in [5, 5.41) is 3.64. The van der Waals surface area contributed by atoms with Gasteiger partial charge in [0.15, 0.2) is 5.78 Å². The molecular formula is C28H28N2O3S. The molecule has 34 heavy (non-hydrogen) atoms. The highest BCUT2D eigenvalue weighted by Gasteiger charge is 2.38. The molecule has 5 rings (SSSR count). The molecule has 3 unspecified atom stereocenters. The van der Waals surface area contributed by atoms with E-state index in [-0.39, 0.29) is 28.6 Å². The van der Waals surface area contributed by atoms with Crippen molar-refractivity contribution in [3.63, 3.8) is 0 Å². The minimum Gasteiger partial charge on any atom is -0.378 e. The monoisotopic (exact) mass is 472 g/mol. The number of rotatable bonds is 5. The summed E-state index contributed by atoms with van der Waals surface area (Å²) >= 11 is 0. The van der Waals surface area contributed by atoms with Gasteiger partial charge >= 0.3 is 0 Å². The Balaban J connectivity index is 1.46. The quantitative estimate of drug-likeness (QED) is 0.346. The van der Waals surface area contributed by atoms with E-state index in [4.69, 9.17) is 0 Å². The number of carbonyl (C=O) groups excluding carboxylic acids is 1. The summed E-state index contributed by atoms with van der Waals surface area (Å²) in [7, 11) is -3.72. The summed E-state index contributed by atoms with van der Waals surface area (Å²) in [5.74, 6) is 0.462. The van der Waals surface area contributed by atoms with Crippen molar-refractivity contribution in [1.29, 1.82) is 0 Å². The molecule has 0 amide bonds. The summed E-state index contributed by atoms with van der Waals surface area (Å²) < 4.78 is 29.1. The lowest BCUT2D eigenvalue weighted by Gasteiger charge is -2.37. The van der Waals surface area contributed by atoms with Crippen LogP contribution in [-0.4, -0.2) is 14.2 Å². The predicted molar refractivity (Wildman–Crippen MR) is 136 cm³/mol. The largest absolute Gasteiger partial charge is 0.378 e. The van der Waals surface area contributed by atoms with Crippen molar-refractivity contribution in [2.75, 3.05) is 10.0 Å². The fraction of sp³-hybridized carbons (Fsp3) is 0.250. The third kappa shape index (κ3) is 4.03. The molecule has 3 aromatic carbocycles. The molecule has 2 N–H and O–H groups in total. The predicted octanol–water partition coefficient (Wildman–Crippen LogP) is 6.13. The molecule has 174 valence electrons. The smallest absolute Gasteiger partial charge is 0.261 e. The van der Waals surface area contributed by atoms with Crippen molar-refractivity contribution >= 4 is 27.2 Å². The minimum absolute atomic E-state index is 0.0528. The maximum absolute atomic E-state index is 13.2. The molecule has 3 atom stereocenters. The Morgan fingerprint density at radius 2 is 1.74 bits per heavy atom. The van der Waals surface area contributed by atoms with Crippen LogP contribution in [0.3, 0.4) is 0 Å². The van der Waals surface area contributed by atoms with Gasteiger partial charge in [0.25, 0.3) is 10.0 Å². The van der Waals surface area contributed by atoms with Gasteiger partial charge in [-0.3, -0.25) is 9.52 Å². The van der Waals surface area contributed by atoms with E-state index in [9.17, 15) is 13.2 Å². The second kappa shape index (κ2) is 8.44. The molecule has 1 aliphatic carbocycles. The summed E-state index contributed by atoms with van der Waals surface area (Å²) in [6, 6.07) is 18.7. The Hall–Kier alpha value is -3.38. The standard InChI is InChI=1S/C28H28N2O3S/c1-17-7-12-22(15-18(17)2)30-34(32,33)23-13-14-27-26(16-23)24-5-4-6-25(24)28(29-27)21-10-8-20(9-11-21)19(3)31/h4-5,7-16,24-25,28-30H,6H2,1-3H3. The fourth-order valence-electron chi connectivity index (χ4n) is 5.01. The number of nitrogens with one attached hydrogen (secondary N) is 2. The third-order valence-corrected chi connectivity index (χ3v) is 8.46. The lowest BCUT2D eigenvalue weighted by atomic mass is 9.77. The molecule has 0 saturated carbocycles. The van der Waals surface area contributed by atoms with Gasteiger partial charge in [0.05, 0.1) is 10.9 Å². The summed E-state index contributed by atoms with van der Waals surface area (Å²) in [5.41, 5.74) is 6.49. The fourth-order valence-corrected chi connectivity index (χ4v) is 6.10. The minimum atomic E-state index is -3.72. The molecule has 5 nitrogen and oxygen atoms in total. The van der Waals surface area contributed by atoms with Crippen LogP contribution in [-0.2, 0) is 10.0 Å². The van der Waals surface area contributed by atoms with Gasteiger partial charge in [-0.05, 0) is 85.7 Å². The molecule has 0 radical (unpaired) electrons. The van der Waals surface area contributed by atoms with Crippen molar-refractivity contribution in [2.45, 2.75) is 44.0 Å². The number of ketones is 1. The van der Waals surface area contributed by atoms with Crippen LogP contribution in [0.15, 0.2) is 77.7 Å². The van der Waals surface area contributed by atoms with Gasteiger partial charge in [0.2, 0.25) is 0 Å². The molecule has 0 fully saturated rings. The number of sulfonamides is 1. The Morgan fingerprint density at radius 1 is 0.971 bits per heavy atom. The number of hydrogen-bond acceptors (Lipinski definition) is 4. The first-order valence-electron chi connectivity index (χ1n) is 11.5. The number of Topliss-reactive ketones (excluding diaryl/α,β-unsaturated/α-hetero) is 1. The number of aryl methyl sites for hydroxylation is 2. The van der Waals surface area contributed by atoms with Crippen LogP contribution in [0.1, 0.15) is 57.9 Å². The molecule has 0 spiro atoms. The Bertz CT molecular complexity index is 1410. The van der Waals surface area contributed by atoms with E-state index < -0.39 is 10.0 Å². The third-order valence-electron chi connectivity index (χ3n) is 7.08. The summed E-state index contributed by atoms with van der Waals surface area (Å²) in [4.78, 5) is 11.9. The van der Waals surface area contributed by atoms with Crippen molar-refractivity contribution in [3.05, 3.63) is 101 Å². The first-order valence-corrected chi connectivity index (χ1v) is 13.0. The maximum atomic E-state index is 13.2. The number of fused-ring (bicyclic) bond motifs is 3. The highest BCUT2D eigenvalue weighted by atomic mass is 32.2. The first-order chi connectivity index (χ1) is 16.2. The van der Waals surface area contributed by atoms with Crippen molar-refractivity contribution in [3.8, 4) is 0 Å².